The lowest BCUT2D eigenvalue weighted by Gasteiger charge is -2.43. The molecule has 1 unspecified atom stereocenters. The van der Waals surface area contributed by atoms with E-state index in [4.69, 9.17) is 0 Å². The highest BCUT2D eigenvalue weighted by molar-refractivity contribution is 6.14. The highest BCUT2D eigenvalue weighted by Gasteiger charge is 2.42. The van der Waals surface area contributed by atoms with E-state index in [1.54, 1.807) is 16.8 Å². The maximum atomic E-state index is 12.4. The van der Waals surface area contributed by atoms with E-state index < -0.39 is 6.04 Å². The van der Waals surface area contributed by atoms with Crippen LogP contribution >= 0.6 is 0 Å². The zero-order valence-corrected chi connectivity index (χ0v) is 11.1. The number of amides is 2. The lowest BCUT2D eigenvalue weighted by Crippen LogP contribution is -2.63. The summed E-state index contributed by atoms with van der Waals surface area (Å²) < 4.78 is 0. The van der Waals surface area contributed by atoms with Gasteiger partial charge < -0.3 is 10.2 Å². The standard InChI is InChI=1S/C14H17N3O2/c1-3-9-5-4-6-10-13(9)17-11(14(19)16(10)2)7-15-8-12(17)18/h4-6,11,15H,3,7-8H2,1-2H3. The number of carbonyl (C=O) groups excluding carboxylic acids is 2. The van der Waals surface area contributed by atoms with Crippen LogP contribution in [0.3, 0.4) is 0 Å². The lowest BCUT2D eigenvalue weighted by molar-refractivity contribution is -0.126. The molecule has 2 heterocycles. The average molecular weight is 259 g/mol. The van der Waals surface area contributed by atoms with Crippen molar-refractivity contribution in [1.29, 1.82) is 0 Å². The summed E-state index contributed by atoms with van der Waals surface area (Å²) in [5, 5.41) is 3.01. The van der Waals surface area contributed by atoms with E-state index in [1.165, 1.54) is 0 Å². The fraction of sp³-hybridized carbons (Fsp3) is 0.429. The molecule has 5 heteroatoms. The van der Waals surface area contributed by atoms with Gasteiger partial charge in [-0.1, -0.05) is 19.1 Å². The minimum absolute atomic E-state index is 0.0266. The summed E-state index contributed by atoms with van der Waals surface area (Å²) in [5.41, 5.74) is 2.84. The summed E-state index contributed by atoms with van der Waals surface area (Å²) in [6.45, 7) is 2.88. The van der Waals surface area contributed by atoms with E-state index >= 15 is 0 Å². The molecule has 0 spiro atoms. The molecule has 1 aromatic rings. The van der Waals surface area contributed by atoms with E-state index in [-0.39, 0.29) is 11.8 Å². The van der Waals surface area contributed by atoms with Crippen LogP contribution < -0.4 is 15.1 Å². The number of aryl methyl sites for hydroxylation is 1. The molecule has 0 bridgehead atoms. The van der Waals surface area contributed by atoms with Crippen molar-refractivity contribution in [3.05, 3.63) is 23.8 Å². The highest BCUT2D eigenvalue weighted by Crippen LogP contribution is 2.39. The summed E-state index contributed by atoms with van der Waals surface area (Å²) in [6, 6.07) is 5.45. The molecular formula is C14H17N3O2. The molecule has 2 aliphatic heterocycles. The van der Waals surface area contributed by atoms with E-state index in [0.717, 1.165) is 23.4 Å². The smallest absolute Gasteiger partial charge is 0.251 e. The molecule has 1 atom stereocenters. The zero-order chi connectivity index (χ0) is 13.6. The number of likely N-dealkylation sites (N-methyl/N-ethyl adjacent to an activating group) is 1. The predicted molar refractivity (Wildman–Crippen MR) is 73.4 cm³/mol. The number of benzene rings is 1. The maximum Gasteiger partial charge on any atom is 0.251 e. The van der Waals surface area contributed by atoms with Gasteiger partial charge in [0.05, 0.1) is 17.9 Å². The third-order valence-electron chi connectivity index (χ3n) is 3.89. The van der Waals surface area contributed by atoms with E-state index in [1.807, 2.05) is 18.2 Å². The zero-order valence-electron chi connectivity index (χ0n) is 11.1. The largest absolute Gasteiger partial charge is 0.312 e. The number of nitrogens with one attached hydrogen (secondary N) is 1. The van der Waals surface area contributed by atoms with Gasteiger partial charge in [0.25, 0.3) is 5.91 Å². The van der Waals surface area contributed by atoms with Crippen molar-refractivity contribution in [3.63, 3.8) is 0 Å². The summed E-state index contributed by atoms with van der Waals surface area (Å²) >= 11 is 0. The molecule has 19 heavy (non-hydrogen) atoms. The molecule has 1 N–H and O–H groups in total. The molecule has 3 rings (SSSR count). The molecule has 5 nitrogen and oxygen atoms in total. The van der Waals surface area contributed by atoms with Gasteiger partial charge in [-0.25, -0.2) is 0 Å². The van der Waals surface area contributed by atoms with Crippen molar-refractivity contribution in [2.24, 2.45) is 0 Å². The van der Waals surface area contributed by atoms with Crippen LogP contribution in [0.4, 0.5) is 11.4 Å². The van der Waals surface area contributed by atoms with Gasteiger partial charge in [0, 0.05) is 13.6 Å². The van der Waals surface area contributed by atoms with Crippen LogP contribution in [0.5, 0.6) is 0 Å². The van der Waals surface area contributed by atoms with E-state index in [9.17, 15) is 9.59 Å². The Morgan fingerprint density at radius 1 is 1.37 bits per heavy atom. The topological polar surface area (TPSA) is 52.7 Å². The van der Waals surface area contributed by atoms with Crippen molar-refractivity contribution in [2.75, 3.05) is 29.9 Å². The molecule has 2 aliphatic rings. The van der Waals surface area contributed by atoms with Gasteiger partial charge in [-0.15, -0.1) is 0 Å². The van der Waals surface area contributed by atoms with E-state index in [0.29, 0.717) is 13.1 Å². The van der Waals surface area contributed by atoms with Gasteiger partial charge in [-0.3, -0.25) is 14.5 Å². The quantitative estimate of drug-likeness (QED) is 0.800. The van der Waals surface area contributed by atoms with Crippen molar-refractivity contribution < 1.29 is 9.59 Å². The first-order chi connectivity index (χ1) is 9.15. The first-order valence-electron chi connectivity index (χ1n) is 6.57. The molecule has 0 aromatic heterocycles. The van der Waals surface area contributed by atoms with Gasteiger partial charge in [-0.05, 0) is 18.1 Å². The van der Waals surface area contributed by atoms with Crippen LogP contribution in [-0.2, 0) is 16.0 Å². The number of hydrogen-bond donors (Lipinski definition) is 1. The fourth-order valence-electron chi connectivity index (χ4n) is 2.90. The Morgan fingerprint density at radius 2 is 2.16 bits per heavy atom. The van der Waals surface area contributed by atoms with Gasteiger partial charge >= 0.3 is 0 Å². The summed E-state index contributed by atoms with van der Waals surface area (Å²) in [7, 11) is 1.77. The predicted octanol–water partition coefficient (Wildman–Crippen LogP) is 0.530. The monoisotopic (exact) mass is 259 g/mol. The summed E-state index contributed by atoms with van der Waals surface area (Å²) in [5.74, 6) is -0.0545. The van der Waals surface area contributed by atoms with Crippen LogP contribution in [0, 0.1) is 0 Å². The van der Waals surface area contributed by atoms with Gasteiger partial charge in [0.2, 0.25) is 5.91 Å². The molecule has 0 aliphatic carbocycles. The molecule has 0 radical (unpaired) electrons. The first kappa shape index (κ1) is 12.2. The average Bonchev–Trinajstić information content (AvgIpc) is 2.44. The third kappa shape index (κ3) is 1.65. The first-order valence-corrected chi connectivity index (χ1v) is 6.57. The molecule has 1 fully saturated rings. The number of piperazine rings is 1. The Kier molecular flexibility index (Phi) is 2.78. The molecule has 2 amide bonds. The summed E-state index contributed by atoms with van der Waals surface area (Å²) in [4.78, 5) is 27.9. The van der Waals surface area contributed by atoms with Crippen molar-refractivity contribution in [3.8, 4) is 0 Å². The fourth-order valence-corrected chi connectivity index (χ4v) is 2.90. The number of rotatable bonds is 1. The Morgan fingerprint density at radius 3 is 2.89 bits per heavy atom. The van der Waals surface area contributed by atoms with Crippen LogP contribution in [0.15, 0.2) is 18.2 Å². The molecule has 1 aromatic carbocycles. The minimum atomic E-state index is -0.411. The lowest BCUT2D eigenvalue weighted by atomic mass is 9.99. The second kappa shape index (κ2) is 4.35. The van der Waals surface area contributed by atoms with Crippen molar-refractivity contribution in [2.45, 2.75) is 19.4 Å². The van der Waals surface area contributed by atoms with E-state index in [2.05, 4.69) is 12.2 Å². The number of nitrogens with zero attached hydrogens (tertiary/aromatic N) is 2. The second-order valence-corrected chi connectivity index (χ2v) is 4.95. The summed E-state index contributed by atoms with van der Waals surface area (Å²) in [6.07, 6.45) is 0.842. The van der Waals surface area contributed by atoms with Gasteiger partial charge in [0.15, 0.2) is 0 Å². The minimum Gasteiger partial charge on any atom is -0.312 e. The Hall–Kier alpha value is -1.88. The van der Waals surface area contributed by atoms with Gasteiger partial charge in [0.1, 0.15) is 6.04 Å². The molecule has 100 valence electrons. The second-order valence-electron chi connectivity index (χ2n) is 4.95. The SMILES string of the molecule is CCc1cccc2c1N1C(=O)CNCC1C(=O)N2C. The number of fused-ring (bicyclic) bond motifs is 3. The maximum absolute atomic E-state index is 12.4. The number of para-hydroxylation sites is 1. The highest BCUT2D eigenvalue weighted by atomic mass is 16.2. The molecule has 1 saturated heterocycles. The van der Waals surface area contributed by atoms with Crippen LogP contribution in [-0.4, -0.2) is 38.0 Å². The number of carbonyl (C=O) groups is 2. The molecular weight excluding hydrogens is 242 g/mol. The van der Waals surface area contributed by atoms with Crippen LogP contribution in [0.2, 0.25) is 0 Å². The van der Waals surface area contributed by atoms with Crippen LogP contribution in [0.25, 0.3) is 0 Å². The number of anilines is 2. The van der Waals surface area contributed by atoms with Crippen molar-refractivity contribution in [1.82, 2.24) is 5.32 Å². The van der Waals surface area contributed by atoms with Gasteiger partial charge in [-0.2, -0.15) is 0 Å². The molecule has 0 saturated carbocycles. The third-order valence-corrected chi connectivity index (χ3v) is 3.89. The normalized spacial score (nSPS) is 22.3. The Labute approximate surface area is 112 Å². The Bertz CT molecular complexity index is 556. The van der Waals surface area contributed by atoms with Crippen LogP contribution in [0.1, 0.15) is 12.5 Å². The Balaban J connectivity index is 2.22. The van der Waals surface area contributed by atoms with Crippen molar-refractivity contribution >= 4 is 23.2 Å². The number of hydrogen-bond acceptors (Lipinski definition) is 3.